The Morgan fingerprint density at radius 1 is 1.08 bits per heavy atom. The zero-order valence-corrected chi connectivity index (χ0v) is 14.0. The van der Waals surface area contributed by atoms with Gasteiger partial charge in [0.15, 0.2) is 0 Å². The lowest BCUT2D eigenvalue weighted by atomic mass is 9.79. The number of carbonyl (C=O) groups is 1. The molecule has 3 aliphatic rings. The largest absolute Gasteiger partial charge is 0.378 e. The number of ether oxygens (including phenoxy) is 2. The van der Waals surface area contributed by atoms with Crippen LogP contribution in [-0.4, -0.2) is 67.9 Å². The lowest BCUT2D eigenvalue weighted by Gasteiger charge is -2.43. The van der Waals surface area contributed by atoms with E-state index in [4.69, 9.17) is 9.47 Å². The molecule has 2 aliphatic heterocycles. The summed E-state index contributed by atoms with van der Waals surface area (Å²) in [5.41, 5.74) is 0.679. The van der Waals surface area contributed by atoms with Gasteiger partial charge in [-0.25, -0.2) is 4.98 Å². The number of amides is 1. The van der Waals surface area contributed by atoms with E-state index < -0.39 is 0 Å². The molecule has 1 unspecified atom stereocenters. The predicted octanol–water partition coefficient (Wildman–Crippen LogP) is 1.56. The highest BCUT2D eigenvalue weighted by molar-refractivity contribution is 5.94. The summed E-state index contributed by atoms with van der Waals surface area (Å²) in [5.74, 6) is 1.62. The van der Waals surface area contributed by atoms with Crippen molar-refractivity contribution in [1.29, 1.82) is 0 Å². The molecule has 1 aliphatic carbocycles. The van der Waals surface area contributed by atoms with Gasteiger partial charge in [0.2, 0.25) is 0 Å². The maximum atomic E-state index is 12.9. The Morgan fingerprint density at radius 3 is 2.54 bits per heavy atom. The molecule has 1 atom stereocenters. The van der Waals surface area contributed by atoms with Gasteiger partial charge in [-0.1, -0.05) is 6.42 Å². The van der Waals surface area contributed by atoms with Crippen molar-refractivity contribution < 1.29 is 14.3 Å². The third-order valence-corrected chi connectivity index (χ3v) is 5.45. The van der Waals surface area contributed by atoms with Crippen molar-refractivity contribution in [2.45, 2.75) is 25.3 Å². The first-order chi connectivity index (χ1) is 11.8. The third-order valence-electron chi connectivity index (χ3n) is 5.45. The van der Waals surface area contributed by atoms with E-state index in [1.807, 2.05) is 17.0 Å². The monoisotopic (exact) mass is 331 g/mol. The van der Waals surface area contributed by atoms with Crippen LogP contribution in [0.25, 0.3) is 0 Å². The zero-order valence-electron chi connectivity index (χ0n) is 14.0. The first kappa shape index (κ1) is 15.8. The molecular weight excluding hydrogens is 306 g/mol. The Morgan fingerprint density at radius 2 is 1.88 bits per heavy atom. The molecule has 3 fully saturated rings. The van der Waals surface area contributed by atoms with Crippen molar-refractivity contribution in [3.8, 4) is 0 Å². The molecule has 6 nitrogen and oxygen atoms in total. The molecule has 130 valence electrons. The van der Waals surface area contributed by atoms with Crippen molar-refractivity contribution in [3.05, 3.63) is 23.9 Å². The number of rotatable bonds is 3. The van der Waals surface area contributed by atoms with E-state index >= 15 is 0 Å². The fourth-order valence-corrected chi connectivity index (χ4v) is 3.75. The van der Waals surface area contributed by atoms with Gasteiger partial charge >= 0.3 is 0 Å². The van der Waals surface area contributed by atoms with Gasteiger partial charge < -0.3 is 19.3 Å². The molecule has 0 N–H and O–H groups in total. The number of morpholine rings is 2. The number of anilines is 1. The molecule has 1 amide bonds. The van der Waals surface area contributed by atoms with Crippen molar-refractivity contribution in [1.82, 2.24) is 9.88 Å². The summed E-state index contributed by atoms with van der Waals surface area (Å²) < 4.78 is 11.0. The van der Waals surface area contributed by atoms with E-state index in [1.165, 1.54) is 19.3 Å². The maximum Gasteiger partial charge on any atom is 0.255 e. The highest BCUT2D eigenvalue weighted by Gasteiger charge is 2.36. The second kappa shape index (κ2) is 7.07. The van der Waals surface area contributed by atoms with Gasteiger partial charge in [-0.2, -0.15) is 0 Å². The number of nitrogens with zero attached hydrogens (tertiary/aromatic N) is 3. The highest BCUT2D eigenvalue weighted by Crippen LogP contribution is 2.34. The molecule has 0 aromatic carbocycles. The third kappa shape index (κ3) is 3.13. The van der Waals surface area contributed by atoms with Crippen LogP contribution >= 0.6 is 0 Å². The summed E-state index contributed by atoms with van der Waals surface area (Å²) in [5, 5.41) is 0. The topological polar surface area (TPSA) is 54.9 Å². The van der Waals surface area contributed by atoms with Crippen LogP contribution in [0.4, 0.5) is 5.82 Å². The molecule has 0 bridgehead atoms. The Balaban J connectivity index is 1.46. The average Bonchev–Trinajstić information content (AvgIpc) is 2.61. The van der Waals surface area contributed by atoms with Gasteiger partial charge in [-0.15, -0.1) is 0 Å². The number of carbonyl (C=O) groups excluding carboxylic acids is 1. The van der Waals surface area contributed by atoms with E-state index in [1.54, 1.807) is 6.20 Å². The fourth-order valence-electron chi connectivity index (χ4n) is 3.75. The van der Waals surface area contributed by atoms with Crippen LogP contribution in [-0.2, 0) is 9.47 Å². The van der Waals surface area contributed by atoms with E-state index in [0.29, 0.717) is 31.2 Å². The summed E-state index contributed by atoms with van der Waals surface area (Å²) in [6, 6.07) is 4.10. The fraction of sp³-hybridized carbons (Fsp3) is 0.667. The molecular formula is C18H25N3O3. The molecule has 1 saturated carbocycles. The minimum absolute atomic E-state index is 0.0937. The maximum absolute atomic E-state index is 12.9. The van der Waals surface area contributed by atoms with Crippen LogP contribution in [0.15, 0.2) is 18.3 Å². The molecule has 0 spiro atoms. The molecule has 6 heteroatoms. The predicted molar refractivity (Wildman–Crippen MR) is 90.3 cm³/mol. The van der Waals surface area contributed by atoms with Gasteiger partial charge in [0.1, 0.15) is 5.82 Å². The molecule has 4 rings (SSSR count). The van der Waals surface area contributed by atoms with Crippen molar-refractivity contribution in [3.63, 3.8) is 0 Å². The average molecular weight is 331 g/mol. The van der Waals surface area contributed by atoms with Crippen LogP contribution in [0.2, 0.25) is 0 Å². The van der Waals surface area contributed by atoms with Crippen molar-refractivity contribution in [2.75, 3.05) is 51.0 Å². The number of aromatic nitrogens is 1. The molecule has 24 heavy (non-hydrogen) atoms. The number of hydrogen-bond acceptors (Lipinski definition) is 5. The standard InChI is InChI=1S/C18H25N3O3/c22-18(21-8-11-24-13-16(21)14-2-1-3-14)15-4-5-17(19-12-15)20-6-9-23-10-7-20/h4-5,12,14,16H,1-3,6-11,13H2. The summed E-state index contributed by atoms with van der Waals surface area (Å²) in [6.07, 6.45) is 5.43. The van der Waals surface area contributed by atoms with Crippen LogP contribution in [0, 0.1) is 5.92 Å². The molecule has 1 aromatic rings. The first-order valence-corrected chi connectivity index (χ1v) is 9.00. The van der Waals surface area contributed by atoms with Crippen LogP contribution in [0.3, 0.4) is 0 Å². The Labute approximate surface area is 142 Å². The van der Waals surface area contributed by atoms with E-state index in [9.17, 15) is 4.79 Å². The van der Waals surface area contributed by atoms with Gasteiger partial charge in [0.05, 0.1) is 38.0 Å². The first-order valence-electron chi connectivity index (χ1n) is 9.00. The van der Waals surface area contributed by atoms with Gasteiger partial charge in [0, 0.05) is 25.8 Å². The smallest absolute Gasteiger partial charge is 0.255 e. The molecule has 3 heterocycles. The summed E-state index contributed by atoms with van der Waals surface area (Å²) in [6.45, 7) is 5.18. The lowest BCUT2D eigenvalue weighted by molar-refractivity contribution is -0.0330. The Kier molecular flexibility index (Phi) is 4.67. The zero-order chi connectivity index (χ0) is 16.4. The number of hydrogen-bond donors (Lipinski definition) is 0. The van der Waals surface area contributed by atoms with E-state index in [-0.39, 0.29) is 11.9 Å². The van der Waals surface area contributed by atoms with Crippen molar-refractivity contribution in [2.24, 2.45) is 5.92 Å². The van der Waals surface area contributed by atoms with Gasteiger partial charge in [-0.3, -0.25) is 4.79 Å². The van der Waals surface area contributed by atoms with E-state index in [2.05, 4.69) is 9.88 Å². The molecule has 0 radical (unpaired) electrons. The Bertz CT molecular complexity index is 567. The molecule has 2 saturated heterocycles. The lowest BCUT2D eigenvalue weighted by Crippen LogP contribution is -2.53. The second-order valence-electron chi connectivity index (χ2n) is 6.84. The summed E-state index contributed by atoms with van der Waals surface area (Å²) >= 11 is 0. The normalized spacial score (nSPS) is 25.4. The second-order valence-corrected chi connectivity index (χ2v) is 6.84. The van der Waals surface area contributed by atoms with Crippen LogP contribution < -0.4 is 4.90 Å². The Hall–Kier alpha value is -1.66. The SMILES string of the molecule is O=C(c1ccc(N2CCOCC2)nc1)N1CCOCC1C1CCC1. The minimum atomic E-state index is 0.0937. The highest BCUT2D eigenvalue weighted by atomic mass is 16.5. The summed E-state index contributed by atoms with van der Waals surface area (Å²) in [7, 11) is 0. The minimum Gasteiger partial charge on any atom is -0.378 e. The van der Waals surface area contributed by atoms with Crippen molar-refractivity contribution >= 4 is 11.7 Å². The van der Waals surface area contributed by atoms with Gasteiger partial charge in [0.25, 0.3) is 5.91 Å². The molecule has 1 aromatic heterocycles. The van der Waals surface area contributed by atoms with Crippen LogP contribution in [0.5, 0.6) is 0 Å². The van der Waals surface area contributed by atoms with E-state index in [0.717, 1.165) is 32.1 Å². The number of pyridine rings is 1. The van der Waals surface area contributed by atoms with Crippen LogP contribution in [0.1, 0.15) is 29.6 Å². The quantitative estimate of drug-likeness (QED) is 0.841. The summed E-state index contributed by atoms with van der Waals surface area (Å²) in [4.78, 5) is 21.7. The van der Waals surface area contributed by atoms with Gasteiger partial charge in [-0.05, 0) is 30.9 Å².